The molecule has 0 radical (unpaired) electrons. The van der Waals surface area contributed by atoms with Crippen molar-refractivity contribution in [2.75, 3.05) is 18.5 Å². The molecule has 4 nitrogen and oxygen atoms in total. The molecule has 0 saturated carbocycles. The summed E-state index contributed by atoms with van der Waals surface area (Å²) in [4.78, 5) is 0. The molecule has 1 aromatic heterocycles. The van der Waals surface area contributed by atoms with E-state index in [-0.39, 0.29) is 6.61 Å². The molecule has 4 heteroatoms. The molecule has 1 aromatic carbocycles. The third kappa shape index (κ3) is 2.31. The summed E-state index contributed by atoms with van der Waals surface area (Å²) in [6.07, 6.45) is 4.66. The number of nitrogens with one attached hydrogen (secondary N) is 1. The maximum absolute atomic E-state index is 8.99. The van der Waals surface area contributed by atoms with Crippen LogP contribution >= 0.6 is 0 Å². The first kappa shape index (κ1) is 13.2. The Labute approximate surface area is 119 Å². The second-order valence-corrected chi connectivity index (χ2v) is 5.38. The van der Waals surface area contributed by atoms with Gasteiger partial charge in [0.25, 0.3) is 0 Å². The van der Waals surface area contributed by atoms with Gasteiger partial charge in [0.2, 0.25) is 0 Å². The predicted molar refractivity (Wildman–Crippen MR) is 80.1 cm³/mol. The van der Waals surface area contributed by atoms with Gasteiger partial charge in [0.15, 0.2) is 0 Å². The molecular formula is C16H21N3O. The monoisotopic (exact) mass is 271 g/mol. The SMILES string of the molecule is Cc1ccccc1C1CCNc2c(CCCO)cnn21. The van der Waals surface area contributed by atoms with Gasteiger partial charge in [-0.3, -0.25) is 0 Å². The first-order chi connectivity index (χ1) is 9.81. The molecule has 2 N–H and O–H groups in total. The van der Waals surface area contributed by atoms with Crippen molar-refractivity contribution < 1.29 is 5.11 Å². The van der Waals surface area contributed by atoms with Crippen LogP contribution in [0.25, 0.3) is 0 Å². The largest absolute Gasteiger partial charge is 0.396 e. The third-order valence-electron chi connectivity index (χ3n) is 4.03. The van der Waals surface area contributed by atoms with Crippen LogP contribution in [-0.2, 0) is 6.42 Å². The normalized spacial score (nSPS) is 17.6. The lowest BCUT2D eigenvalue weighted by atomic mass is 9.97. The number of benzene rings is 1. The van der Waals surface area contributed by atoms with E-state index < -0.39 is 0 Å². The van der Waals surface area contributed by atoms with Crippen molar-refractivity contribution in [3.05, 3.63) is 47.2 Å². The lowest BCUT2D eigenvalue weighted by molar-refractivity contribution is 0.288. The summed E-state index contributed by atoms with van der Waals surface area (Å²) in [5.74, 6) is 1.12. The van der Waals surface area contributed by atoms with Crippen LogP contribution in [0.1, 0.15) is 35.6 Å². The summed E-state index contributed by atoms with van der Waals surface area (Å²) < 4.78 is 2.11. The number of aromatic nitrogens is 2. The Morgan fingerprint density at radius 1 is 1.40 bits per heavy atom. The standard InChI is InChI=1S/C16H21N3O/c1-12-5-2-3-7-14(12)15-8-9-17-16-13(6-4-10-20)11-18-19(15)16/h2-3,5,7,11,15,17,20H,4,6,8-10H2,1H3. The molecule has 106 valence electrons. The van der Waals surface area contributed by atoms with Crippen LogP contribution in [0.4, 0.5) is 5.82 Å². The van der Waals surface area contributed by atoms with Crippen molar-refractivity contribution in [1.82, 2.24) is 9.78 Å². The minimum atomic E-state index is 0.228. The number of rotatable bonds is 4. The molecule has 20 heavy (non-hydrogen) atoms. The molecule has 3 rings (SSSR count). The van der Waals surface area contributed by atoms with Gasteiger partial charge in [-0.05, 0) is 37.3 Å². The summed E-state index contributed by atoms with van der Waals surface area (Å²) in [6, 6.07) is 8.85. The van der Waals surface area contributed by atoms with Crippen LogP contribution in [0, 0.1) is 6.92 Å². The van der Waals surface area contributed by atoms with Crippen molar-refractivity contribution in [2.24, 2.45) is 0 Å². The average molecular weight is 271 g/mol. The molecule has 0 fully saturated rings. The minimum absolute atomic E-state index is 0.228. The molecule has 0 saturated heterocycles. The summed E-state index contributed by atoms with van der Waals surface area (Å²) in [6.45, 7) is 3.36. The van der Waals surface area contributed by atoms with E-state index in [0.717, 1.165) is 31.6 Å². The van der Waals surface area contributed by atoms with Crippen LogP contribution in [0.15, 0.2) is 30.5 Å². The highest BCUT2D eigenvalue weighted by molar-refractivity contribution is 5.47. The number of aliphatic hydroxyl groups is 1. The van der Waals surface area contributed by atoms with E-state index in [4.69, 9.17) is 5.11 Å². The van der Waals surface area contributed by atoms with Gasteiger partial charge in [0.05, 0.1) is 12.2 Å². The molecule has 1 aliphatic rings. The smallest absolute Gasteiger partial charge is 0.128 e. The molecule has 1 unspecified atom stereocenters. The zero-order valence-electron chi connectivity index (χ0n) is 11.8. The molecule has 1 atom stereocenters. The number of nitrogens with zero attached hydrogens (tertiary/aromatic N) is 2. The highest BCUT2D eigenvalue weighted by Gasteiger charge is 2.24. The number of aliphatic hydroxyl groups excluding tert-OH is 1. The van der Waals surface area contributed by atoms with Gasteiger partial charge in [-0.1, -0.05) is 24.3 Å². The number of hydrogen-bond acceptors (Lipinski definition) is 3. The molecule has 2 heterocycles. The van der Waals surface area contributed by atoms with E-state index in [1.54, 1.807) is 0 Å². The van der Waals surface area contributed by atoms with E-state index in [1.165, 1.54) is 16.7 Å². The highest BCUT2D eigenvalue weighted by atomic mass is 16.2. The Morgan fingerprint density at radius 2 is 2.25 bits per heavy atom. The molecule has 0 spiro atoms. The molecule has 0 aliphatic carbocycles. The Bertz CT molecular complexity index is 591. The molecule has 2 aromatic rings. The quantitative estimate of drug-likeness (QED) is 0.898. The van der Waals surface area contributed by atoms with Crippen LogP contribution in [0.2, 0.25) is 0 Å². The van der Waals surface area contributed by atoms with E-state index in [2.05, 4.69) is 46.3 Å². The zero-order chi connectivity index (χ0) is 13.9. The van der Waals surface area contributed by atoms with Crippen molar-refractivity contribution in [3.63, 3.8) is 0 Å². The van der Waals surface area contributed by atoms with E-state index >= 15 is 0 Å². The van der Waals surface area contributed by atoms with E-state index in [0.29, 0.717) is 6.04 Å². The van der Waals surface area contributed by atoms with Gasteiger partial charge in [-0.15, -0.1) is 0 Å². The number of hydrogen-bond donors (Lipinski definition) is 2. The van der Waals surface area contributed by atoms with Crippen molar-refractivity contribution in [1.29, 1.82) is 0 Å². The first-order valence-corrected chi connectivity index (χ1v) is 7.28. The lowest BCUT2D eigenvalue weighted by Gasteiger charge is -2.28. The molecule has 0 amide bonds. The zero-order valence-corrected chi connectivity index (χ0v) is 11.8. The first-order valence-electron chi connectivity index (χ1n) is 7.28. The Balaban J connectivity index is 1.95. The number of fused-ring (bicyclic) bond motifs is 1. The molecular weight excluding hydrogens is 250 g/mol. The van der Waals surface area contributed by atoms with Crippen LogP contribution < -0.4 is 5.32 Å². The third-order valence-corrected chi connectivity index (χ3v) is 4.03. The van der Waals surface area contributed by atoms with Gasteiger partial charge in [0.1, 0.15) is 5.82 Å². The average Bonchev–Trinajstić information content (AvgIpc) is 2.89. The maximum atomic E-state index is 8.99. The van der Waals surface area contributed by atoms with E-state index in [1.807, 2.05) is 6.20 Å². The van der Waals surface area contributed by atoms with Crippen LogP contribution in [0.5, 0.6) is 0 Å². The summed E-state index contributed by atoms with van der Waals surface area (Å²) in [5.41, 5.74) is 3.88. The van der Waals surface area contributed by atoms with E-state index in [9.17, 15) is 0 Å². The minimum Gasteiger partial charge on any atom is -0.396 e. The van der Waals surface area contributed by atoms with Gasteiger partial charge < -0.3 is 10.4 Å². The van der Waals surface area contributed by atoms with Gasteiger partial charge in [0, 0.05) is 18.7 Å². The topological polar surface area (TPSA) is 50.1 Å². The second kappa shape index (κ2) is 5.67. The summed E-state index contributed by atoms with van der Waals surface area (Å²) >= 11 is 0. The van der Waals surface area contributed by atoms with Crippen molar-refractivity contribution in [3.8, 4) is 0 Å². The Hall–Kier alpha value is -1.81. The van der Waals surface area contributed by atoms with Crippen LogP contribution in [-0.4, -0.2) is 28.0 Å². The Morgan fingerprint density at radius 3 is 3.05 bits per heavy atom. The summed E-state index contributed by atoms with van der Waals surface area (Å²) in [5, 5.41) is 17.0. The highest BCUT2D eigenvalue weighted by Crippen LogP contribution is 2.33. The molecule has 0 bridgehead atoms. The second-order valence-electron chi connectivity index (χ2n) is 5.38. The maximum Gasteiger partial charge on any atom is 0.128 e. The van der Waals surface area contributed by atoms with Crippen molar-refractivity contribution in [2.45, 2.75) is 32.2 Å². The molecule has 1 aliphatic heterocycles. The lowest BCUT2D eigenvalue weighted by Crippen LogP contribution is -2.25. The summed E-state index contributed by atoms with van der Waals surface area (Å²) in [7, 11) is 0. The van der Waals surface area contributed by atoms with Gasteiger partial charge in [-0.2, -0.15) is 5.10 Å². The fourth-order valence-corrected chi connectivity index (χ4v) is 2.98. The van der Waals surface area contributed by atoms with Gasteiger partial charge in [-0.25, -0.2) is 4.68 Å². The van der Waals surface area contributed by atoms with Crippen LogP contribution in [0.3, 0.4) is 0 Å². The Kier molecular flexibility index (Phi) is 3.74. The van der Waals surface area contributed by atoms with Gasteiger partial charge >= 0.3 is 0 Å². The number of anilines is 1. The fourth-order valence-electron chi connectivity index (χ4n) is 2.98. The fraction of sp³-hybridized carbons (Fsp3) is 0.438. The predicted octanol–water partition coefficient (Wildman–Crippen LogP) is 2.52. The number of aryl methyl sites for hydroxylation is 2. The van der Waals surface area contributed by atoms with Crippen molar-refractivity contribution >= 4 is 5.82 Å².